The molecule has 1 heterocycles. The summed E-state index contributed by atoms with van der Waals surface area (Å²) in [5, 5.41) is 6.12. The number of carbonyl (C=O) groups is 1. The summed E-state index contributed by atoms with van der Waals surface area (Å²) in [6, 6.07) is 29.5. The van der Waals surface area contributed by atoms with E-state index in [-0.39, 0.29) is 11.3 Å². The minimum atomic E-state index is -0.208. The number of aryl methyl sites for hydroxylation is 1. The Labute approximate surface area is 196 Å². The van der Waals surface area contributed by atoms with Crippen LogP contribution in [0.5, 0.6) is 5.75 Å². The summed E-state index contributed by atoms with van der Waals surface area (Å²) in [4.78, 5) is 26.2. The van der Waals surface area contributed by atoms with Gasteiger partial charge in [0.25, 0.3) is 5.56 Å². The zero-order valence-electron chi connectivity index (χ0n) is 18.9. The molecule has 0 atom stereocenters. The number of rotatable bonds is 5. The van der Waals surface area contributed by atoms with E-state index in [1.54, 1.807) is 55.6 Å². The van der Waals surface area contributed by atoms with Crippen LogP contribution in [0.2, 0.25) is 0 Å². The van der Waals surface area contributed by atoms with Gasteiger partial charge in [0.1, 0.15) is 5.75 Å². The van der Waals surface area contributed by atoms with Gasteiger partial charge in [-0.05, 0) is 61.5 Å². The Hall–Kier alpha value is -4.51. The third kappa shape index (κ3) is 3.88. The standard InChI is InChI=1S/C29H22N2O3/c1-19-7-9-20(10-8-19)27-25-5-3-4-6-26(25)29(33)31(30-27)23-15-11-21(12-16-23)28(32)22-13-17-24(34-2)18-14-22/h3-18H,1-2H3. The van der Waals surface area contributed by atoms with E-state index in [0.717, 1.165) is 22.2 Å². The maximum atomic E-state index is 13.3. The van der Waals surface area contributed by atoms with Crippen LogP contribution in [0, 0.1) is 6.92 Å². The fourth-order valence-corrected chi connectivity index (χ4v) is 3.95. The van der Waals surface area contributed by atoms with Crippen LogP contribution in [0.25, 0.3) is 27.7 Å². The molecule has 0 bridgehead atoms. The van der Waals surface area contributed by atoms with Crippen LogP contribution in [-0.4, -0.2) is 22.7 Å². The van der Waals surface area contributed by atoms with E-state index in [2.05, 4.69) is 0 Å². The molecule has 0 unspecified atom stereocenters. The molecule has 0 saturated heterocycles. The average Bonchev–Trinajstić information content (AvgIpc) is 2.89. The van der Waals surface area contributed by atoms with Gasteiger partial charge in [0.05, 0.1) is 23.9 Å². The lowest BCUT2D eigenvalue weighted by Gasteiger charge is -2.12. The second-order valence-corrected chi connectivity index (χ2v) is 8.08. The Kier molecular flexibility index (Phi) is 5.52. The predicted octanol–water partition coefficient (Wildman–Crippen LogP) is 5.60. The van der Waals surface area contributed by atoms with E-state index >= 15 is 0 Å². The third-order valence-corrected chi connectivity index (χ3v) is 5.86. The molecule has 0 spiro atoms. The van der Waals surface area contributed by atoms with E-state index in [1.807, 2.05) is 55.5 Å². The molecular weight excluding hydrogens is 424 g/mol. The van der Waals surface area contributed by atoms with Gasteiger partial charge >= 0.3 is 0 Å². The highest BCUT2D eigenvalue weighted by molar-refractivity contribution is 6.09. The lowest BCUT2D eigenvalue weighted by Crippen LogP contribution is -2.22. The van der Waals surface area contributed by atoms with Gasteiger partial charge in [-0.15, -0.1) is 0 Å². The monoisotopic (exact) mass is 446 g/mol. The van der Waals surface area contributed by atoms with Crippen molar-refractivity contribution in [2.75, 3.05) is 7.11 Å². The predicted molar refractivity (Wildman–Crippen MR) is 134 cm³/mol. The quantitative estimate of drug-likeness (QED) is 0.330. The van der Waals surface area contributed by atoms with Crippen LogP contribution in [-0.2, 0) is 0 Å². The Bertz CT molecular complexity index is 1550. The lowest BCUT2D eigenvalue weighted by atomic mass is 10.0. The molecule has 34 heavy (non-hydrogen) atoms. The maximum absolute atomic E-state index is 13.3. The molecule has 0 aliphatic heterocycles. The smallest absolute Gasteiger partial charge is 0.279 e. The van der Waals surface area contributed by atoms with E-state index in [9.17, 15) is 9.59 Å². The SMILES string of the molecule is COc1ccc(C(=O)c2ccc(-n3nc(-c4ccc(C)cc4)c4ccccc4c3=O)cc2)cc1. The molecule has 5 aromatic rings. The van der Waals surface area contributed by atoms with Crippen molar-refractivity contribution in [1.29, 1.82) is 0 Å². The Morgan fingerprint density at radius 2 is 1.35 bits per heavy atom. The number of hydrogen-bond acceptors (Lipinski definition) is 4. The zero-order valence-corrected chi connectivity index (χ0v) is 18.9. The van der Waals surface area contributed by atoms with Crippen LogP contribution >= 0.6 is 0 Å². The molecular formula is C29H22N2O3. The third-order valence-electron chi connectivity index (χ3n) is 5.86. The van der Waals surface area contributed by atoms with E-state index in [4.69, 9.17) is 9.84 Å². The summed E-state index contributed by atoms with van der Waals surface area (Å²) in [5.74, 6) is 0.589. The number of ketones is 1. The summed E-state index contributed by atoms with van der Waals surface area (Å²) < 4.78 is 6.56. The number of aromatic nitrogens is 2. The van der Waals surface area contributed by atoms with Gasteiger partial charge in [-0.2, -0.15) is 9.78 Å². The van der Waals surface area contributed by atoms with Gasteiger partial charge in [-0.3, -0.25) is 9.59 Å². The fraction of sp³-hybridized carbons (Fsp3) is 0.0690. The molecule has 0 aliphatic carbocycles. The van der Waals surface area contributed by atoms with Crippen molar-refractivity contribution >= 4 is 16.6 Å². The van der Waals surface area contributed by atoms with Crippen molar-refractivity contribution in [3.8, 4) is 22.7 Å². The van der Waals surface area contributed by atoms with Gasteiger partial charge in [-0.1, -0.05) is 48.0 Å². The minimum absolute atomic E-state index is 0.103. The Morgan fingerprint density at radius 3 is 1.97 bits per heavy atom. The van der Waals surface area contributed by atoms with Crippen molar-refractivity contribution < 1.29 is 9.53 Å². The summed E-state index contributed by atoms with van der Waals surface area (Å²) in [7, 11) is 1.59. The van der Waals surface area contributed by atoms with Crippen molar-refractivity contribution in [2.45, 2.75) is 6.92 Å². The lowest BCUT2D eigenvalue weighted by molar-refractivity contribution is 0.103. The van der Waals surface area contributed by atoms with Crippen LogP contribution in [0.3, 0.4) is 0 Å². The molecule has 0 saturated carbocycles. The minimum Gasteiger partial charge on any atom is -0.497 e. The summed E-state index contributed by atoms with van der Waals surface area (Å²) in [6.07, 6.45) is 0. The van der Waals surface area contributed by atoms with Gasteiger partial charge in [0, 0.05) is 22.1 Å². The number of fused-ring (bicyclic) bond motifs is 1. The number of hydrogen-bond donors (Lipinski definition) is 0. The summed E-state index contributed by atoms with van der Waals surface area (Å²) >= 11 is 0. The second-order valence-electron chi connectivity index (χ2n) is 8.08. The zero-order chi connectivity index (χ0) is 23.7. The number of methoxy groups -OCH3 is 1. The maximum Gasteiger partial charge on any atom is 0.279 e. The number of nitrogens with zero attached hydrogens (tertiary/aromatic N) is 2. The van der Waals surface area contributed by atoms with Crippen LogP contribution < -0.4 is 10.3 Å². The van der Waals surface area contributed by atoms with Crippen molar-refractivity contribution in [2.24, 2.45) is 0 Å². The molecule has 0 N–H and O–H groups in total. The summed E-state index contributed by atoms with van der Waals surface area (Å²) in [6.45, 7) is 2.03. The first kappa shape index (κ1) is 21.3. The van der Waals surface area contributed by atoms with Crippen molar-refractivity contribution in [3.05, 3.63) is 124 Å². The first-order chi connectivity index (χ1) is 16.5. The molecule has 5 rings (SSSR count). The van der Waals surface area contributed by atoms with E-state index < -0.39 is 0 Å². The normalized spacial score (nSPS) is 10.9. The van der Waals surface area contributed by atoms with E-state index in [0.29, 0.717) is 28.0 Å². The topological polar surface area (TPSA) is 61.2 Å². The van der Waals surface area contributed by atoms with Crippen LogP contribution in [0.1, 0.15) is 21.5 Å². The first-order valence-electron chi connectivity index (χ1n) is 10.9. The second kappa shape index (κ2) is 8.79. The van der Waals surface area contributed by atoms with Crippen LogP contribution in [0.4, 0.5) is 0 Å². The Balaban J connectivity index is 1.57. The molecule has 5 nitrogen and oxygen atoms in total. The first-order valence-corrected chi connectivity index (χ1v) is 10.9. The molecule has 0 fully saturated rings. The molecule has 0 aliphatic rings. The number of benzene rings is 4. The highest BCUT2D eigenvalue weighted by atomic mass is 16.5. The number of carbonyl (C=O) groups excluding carboxylic acids is 1. The molecule has 166 valence electrons. The van der Waals surface area contributed by atoms with Crippen molar-refractivity contribution in [1.82, 2.24) is 9.78 Å². The largest absolute Gasteiger partial charge is 0.497 e. The molecule has 0 radical (unpaired) electrons. The Morgan fingerprint density at radius 1 is 0.765 bits per heavy atom. The van der Waals surface area contributed by atoms with Gasteiger partial charge in [-0.25, -0.2) is 0 Å². The molecule has 5 heteroatoms. The van der Waals surface area contributed by atoms with Crippen molar-refractivity contribution in [3.63, 3.8) is 0 Å². The summed E-state index contributed by atoms with van der Waals surface area (Å²) in [5.41, 5.74) is 4.29. The van der Waals surface area contributed by atoms with Crippen LogP contribution in [0.15, 0.2) is 102 Å². The highest BCUT2D eigenvalue weighted by Gasteiger charge is 2.14. The average molecular weight is 447 g/mol. The molecule has 4 aromatic carbocycles. The highest BCUT2D eigenvalue weighted by Crippen LogP contribution is 2.26. The fourth-order valence-electron chi connectivity index (χ4n) is 3.95. The molecule has 0 amide bonds. The van der Waals surface area contributed by atoms with Gasteiger partial charge in [0.15, 0.2) is 5.78 Å². The number of ether oxygens (including phenoxy) is 1. The molecule has 1 aromatic heterocycles. The van der Waals surface area contributed by atoms with Gasteiger partial charge in [0.2, 0.25) is 0 Å². The van der Waals surface area contributed by atoms with Gasteiger partial charge < -0.3 is 4.74 Å². The van der Waals surface area contributed by atoms with E-state index in [1.165, 1.54) is 4.68 Å².